The van der Waals surface area contributed by atoms with Crippen molar-refractivity contribution in [2.75, 3.05) is 0 Å². The number of rotatable bonds is 2. The van der Waals surface area contributed by atoms with E-state index in [1.54, 1.807) is 0 Å². The Labute approximate surface area is 219 Å². The lowest BCUT2D eigenvalue weighted by Crippen LogP contribution is -1.94. The average Bonchev–Trinajstić information content (AvgIpc) is 3.28. The molecule has 3 heteroatoms. The molecule has 0 N–H and O–H groups in total. The van der Waals surface area contributed by atoms with E-state index in [1.165, 1.54) is 53.2 Å². The molecule has 0 saturated heterocycles. The average molecular weight is 493 g/mol. The molecular weight excluding hydrogens is 468 g/mol. The van der Waals surface area contributed by atoms with Crippen molar-refractivity contribution in [3.63, 3.8) is 0 Å². The third-order valence-corrected chi connectivity index (χ3v) is 8.81. The molecule has 0 radical (unpaired) electrons. The number of nitrogens with zero attached hydrogens (tertiary/aromatic N) is 2. The van der Waals surface area contributed by atoms with E-state index in [2.05, 4.69) is 114 Å². The molecule has 0 amide bonds. The van der Waals surface area contributed by atoms with Crippen molar-refractivity contribution in [1.29, 1.82) is 0 Å². The van der Waals surface area contributed by atoms with Crippen LogP contribution in [-0.2, 0) is 0 Å². The number of hydrogen-bond donors (Lipinski definition) is 0. The normalized spacial score (nSPS) is 15.6. The van der Waals surface area contributed by atoms with Crippen LogP contribution in [0, 0.1) is 0 Å². The molecule has 37 heavy (non-hydrogen) atoms. The highest BCUT2D eigenvalue weighted by Gasteiger charge is 2.17. The van der Waals surface area contributed by atoms with Gasteiger partial charge in [-0.3, -0.25) is 0 Å². The van der Waals surface area contributed by atoms with Gasteiger partial charge in [-0.05, 0) is 73.4 Å². The summed E-state index contributed by atoms with van der Waals surface area (Å²) in [6.07, 6.45) is 12.1. The number of thiophene rings is 1. The molecule has 0 saturated carbocycles. The summed E-state index contributed by atoms with van der Waals surface area (Å²) in [6.45, 7) is 0. The van der Waals surface area contributed by atoms with E-state index in [0.717, 1.165) is 36.2 Å². The standard InChI is InChI=1S/C34H24N2S/c1-2-8-24-21-22(7-1)13-18-28(35-24)23-14-16-25(17-15-23)36-29-11-5-3-9-26(29)33-30(36)19-20-32-34(33)27-10-4-6-12-31(27)37-32/h2-6,8-12,14-21H,1,7,13H2. The highest BCUT2D eigenvalue weighted by atomic mass is 32.1. The minimum Gasteiger partial charge on any atom is -0.309 e. The summed E-state index contributed by atoms with van der Waals surface area (Å²) in [6, 6.07) is 31.1. The maximum absolute atomic E-state index is 4.98. The van der Waals surface area contributed by atoms with Crippen molar-refractivity contribution < 1.29 is 0 Å². The second-order valence-electron chi connectivity index (χ2n) is 9.90. The molecule has 2 bridgehead atoms. The van der Waals surface area contributed by atoms with E-state index in [1.807, 2.05) is 11.3 Å². The van der Waals surface area contributed by atoms with Crippen LogP contribution >= 0.6 is 11.3 Å². The molecule has 8 rings (SSSR count). The van der Waals surface area contributed by atoms with Crippen LogP contribution in [0.5, 0.6) is 0 Å². The molecule has 2 nitrogen and oxygen atoms in total. The molecule has 0 spiro atoms. The Morgan fingerprint density at radius 2 is 1.57 bits per heavy atom. The van der Waals surface area contributed by atoms with Gasteiger partial charge in [-0.1, -0.05) is 66.3 Å². The van der Waals surface area contributed by atoms with Gasteiger partial charge in [0.2, 0.25) is 0 Å². The van der Waals surface area contributed by atoms with Gasteiger partial charge in [0.05, 0.1) is 22.4 Å². The molecule has 0 fully saturated rings. The van der Waals surface area contributed by atoms with Crippen LogP contribution in [0.2, 0.25) is 0 Å². The number of fused-ring (bicyclic) bond motifs is 8. The summed E-state index contributed by atoms with van der Waals surface area (Å²) in [7, 11) is 0. The highest BCUT2D eigenvalue weighted by Crippen LogP contribution is 2.43. The van der Waals surface area contributed by atoms with Crippen LogP contribution in [0.3, 0.4) is 0 Å². The van der Waals surface area contributed by atoms with Gasteiger partial charge in [-0.15, -0.1) is 11.3 Å². The van der Waals surface area contributed by atoms with Gasteiger partial charge in [0.1, 0.15) is 0 Å². The van der Waals surface area contributed by atoms with Crippen molar-refractivity contribution in [2.45, 2.75) is 19.3 Å². The van der Waals surface area contributed by atoms with Gasteiger partial charge in [0.25, 0.3) is 0 Å². The van der Waals surface area contributed by atoms with Crippen molar-refractivity contribution in [3.05, 3.63) is 120 Å². The maximum Gasteiger partial charge on any atom is 0.0672 e. The van der Waals surface area contributed by atoms with Crippen molar-refractivity contribution in [2.24, 2.45) is 4.99 Å². The second kappa shape index (κ2) is 8.16. The van der Waals surface area contributed by atoms with Gasteiger partial charge in [-0.2, -0.15) is 0 Å². The Kier molecular flexibility index (Phi) is 4.61. The van der Waals surface area contributed by atoms with Crippen LogP contribution in [-0.4, -0.2) is 10.3 Å². The molecule has 3 heterocycles. The zero-order valence-corrected chi connectivity index (χ0v) is 21.1. The van der Waals surface area contributed by atoms with Crippen LogP contribution in [0.25, 0.3) is 53.4 Å². The first-order chi connectivity index (χ1) is 18.3. The molecule has 2 aromatic heterocycles. The smallest absolute Gasteiger partial charge is 0.0672 e. The van der Waals surface area contributed by atoms with Gasteiger partial charge in [0.15, 0.2) is 0 Å². The summed E-state index contributed by atoms with van der Waals surface area (Å²) >= 11 is 1.88. The van der Waals surface area contributed by atoms with Crippen LogP contribution < -0.4 is 0 Å². The topological polar surface area (TPSA) is 17.3 Å². The van der Waals surface area contributed by atoms with E-state index in [-0.39, 0.29) is 0 Å². The largest absolute Gasteiger partial charge is 0.309 e. The first-order valence-corrected chi connectivity index (χ1v) is 13.7. The molecular formula is C34H24N2S. The SMILES string of the molecule is C1=CC2=NC(c3ccc(-n4c5ccccc5c5c6c(ccc54)sc4ccccc46)cc3)=CCC(=C2)CC1. The minimum absolute atomic E-state index is 0.975. The Hall–Kier alpha value is -4.21. The van der Waals surface area contributed by atoms with Gasteiger partial charge in [-0.25, -0.2) is 4.99 Å². The van der Waals surface area contributed by atoms with E-state index in [4.69, 9.17) is 4.99 Å². The molecule has 176 valence electrons. The Bertz CT molecular complexity index is 1990. The Balaban J connectivity index is 1.32. The minimum atomic E-state index is 0.975. The summed E-state index contributed by atoms with van der Waals surface area (Å²) in [5.41, 5.74) is 8.42. The lowest BCUT2D eigenvalue weighted by Gasteiger charge is -2.10. The first kappa shape index (κ1) is 20.9. The van der Waals surface area contributed by atoms with E-state index in [9.17, 15) is 0 Å². The second-order valence-corrected chi connectivity index (χ2v) is 11.0. The molecule has 1 aliphatic heterocycles. The number of aromatic nitrogens is 1. The molecule has 2 aliphatic rings. The summed E-state index contributed by atoms with van der Waals surface area (Å²) < 4.78 is 5.10. The fourth-order valence-corrected chi connectivity index (χ4v) is 7.08. The van der Waals surface area contributed by atoms with Gasteiger partial charge >= 0.3 is 0 Å². The van der Waals surface area contributed by atoms with Crippen molar-refractivity contribution in [1.82, 2.24) is 4.57 Å². The van der Waals surface area contributed by atoms with Gasteiger partial charge < -0.3 is 4.57 Å². The summed E-state index contributed by atoms with van der Waals surface area (Å²) in [5, 5.41) is 5.36. The molecule has 4 aromatic carbocycles. The zero-order valence-electron chi connectivity index (χ0n) is 20.3. The monoisotopic (exact) mass is 492 g/mol. The van der Waals surface area contributed by atoms with Crippen LogP contribution in [0.4, 0.5) is 0 Å². The third kappa shape index (κ3) is 3.28. The molecule has 0 unspecified atom stereocenters. The van der Waals surface area contributed by atoms with Gasteiger partial charge in [0, 0.05) is 36.6 Å². The molecule has 0 atom stereocenters. The molecule has 1 aliphatic carbocycles. The maximum atomic E-state index is 4.98. The number of hydrogen-bond acceptors (Lipinski definition) is 2. The summed E-state index contributed by atoms with van der Waals surface area (Å²) in [4.78, 5) is 4.98. The highest BCUT2D eigenvalue weighted by molar-refractivity contribution is 7.26. The predicted molar refractivity (Wildman–Crippen MR) is 160 cm³/mol. The number of aliphatic imine (C=N–C) groups is 1. The number of benzene rings is 4. The van der Waals surface area contributed by atoms with E-state index < -0.39 is 0 Å². The van der Waals surface area contributed by atoms with Crippen molar-refractivity contribution in [3.8, 4) is 5.69 Å². The Morgan fingerprint density at radius 3 is 2.49 bits per heavy atom. The lowest BCUT2D eigenvalue weighted by atomic mass is 10.1. The number of allylic oxidation sites excluding steroid dienone is 5. The quantitative estimate of drug-likeness (QED) is 0.229. The summed E-state index contributed by atoms with van der Waals surface area (Å²) in [5.74, 6) is 0. The predicted octanol–water partition coefficient (Wildman–Crippen LogP) is 9.61. The third-order valence-electron chi connectivity index (χ3n) is 7.68. The fraction of sp³-hybridized carbons (Fsp3) is 0.0882. The lowest BCUT2D eigenvalue weighted by molar-refractivity contribution is 0.948. The van der Waals surface area contributed by atoms with Crippen LogP contribution in [0.1, 0.15) is 24.8 Å². The Morgan fingerprint density at radius 1 is 0.730 bits per heavy atom. The van der Waals surface area contributed by atoms with Crippen molar-refractivity contribution >= 4 is 64.7 Å². The fourth-order valence-electron chi connectivity index (χ4n) is 5.96. The first-order valence-electron chi connectivity index (χ1n) is 12.9. The zero-order chi connectivity index (χ0) is 24.3. The molecule has 6 aromatic rings. The van der Waals surface area contributed by atoms with Crippen LogP contribution in [0.15, 0.2) is 120 Å². The van der Waals surface area contributed by atoms with E-state index in [0.29, 0.717) is 0 Å². The van der Waals surface area contributed by atoms with E-state index >= 15 is 0 Å². The number of para-hydroxylation sites is 1.